The molecule has 6 heteroatoms. The zero-order chi connectivity index (χ0) is 15.8. The van der Waals surface area contributed by atoms with E-state index in [-0.39, 0.29) is 24.8 Å². The van der Waals surface area contributed by atoms with Gasteiger partial charge in [-0.25, -0.2) is 4.98 Å². The lowest BCUT2D eigenvalue weighted by Crippen LogP contribution is -2.26. The molecular weight excluding hydrogens is 298 g/mol. The van der Waals surface area contributed by atoms with E-state index < -0.39 is 0 Å². The molecule has 0 saturated heterocycles. The summed E-state index contributed by atoms with van der Waals surface area (Å²) in [6, 6.07) is 9.55. The molecule has 22 heavy (non-hydrogen) atoms. The highest BCUT2D eigenvalue weighted by atomic mass is 32.1. The molecule has 0 saturated carbocycles. The number of anilines is 1. The highest BCUT2D eigenvalue weighted by molar-refractivity contribution is 7.15. The highest BCUT2D eigenvalue weighted by Crippen LogP contribution is 2.16. The Balaban J connectivity index is 1.68. The van der Waals surface area contributed by atoms with E-state index in [1.807, 2.05) is 37.3 Å². The Bertz CT molecular complexity index is 665. The minimum Gasteiger partial charge on any atom is -0.352 e. The van der Waals surface area contributed by atoms with Crippen LogP contribution < -0.4 is 10.6 Å². The standard InChI is InChI=1S/C16H17N3O2S/c1-12-11-18-16(22-12)19-15(21)9-10-17-14(20)8-7-13-5-3-2-4-6-13/h2-8,11H,9-10H2,1H3,(H,17,20)(H,18,19,21). The van der Waals surface area contributed by atoms with Crippen molar-refractivity contribution in [1.82, 2.24) is 10.3 Å². The summed E-state index contributed by atoms with van der Waals surface area (Å²) >= 11 is 1.42. The highest BCUT2D eigenvalue weighted by Gasteiger charge is 2.05. The topological polar surface area (TPSA) is 71.1 Å². The third kappa shape index (κ3) is 5.49. The van der Waals surface area contributed by atoms with Crippen molar-refractivity contribution in [3.63, 3.8) is 0 Å². The maximum atomic E-state index is 11.7. The van der Waals surface area contributed by atoms with Crippen LogP contribution in [0.2, 0.25) is 0 Å². The summed E-state index contributed by atoms with van der Waals surface area (Å²) in [5.74, 6) is -0.386. The lowest BCUT2D eigenvalue weighted by molar-refractivity contribution is -0.117. The van der Waals surface area contributed by atoms with Gasteiger partial charge in [-0.2, -0.15) is 0 Å². The van der Waals surface area contributed by atoms with Crippen LogP contribution in [0.5, 0.6) is 0 Å². The predicted molar refractivity (Wildman–Crippen MR) is 88.6 cm³/mol. The first-order valence-corrected chi connectivity index (χ1v) is 7.68. The molecule has 0 spiro atoms. The molecular formula is C16H17N3O2S. The lowest BCUT2D eigenvalue weighted by atomic mass is 10.2. The molecule has 2 aromatic rings. The number of carbonyl (C=O) groups excluding carboxylic acids is 2. The summed E-state index contributed by atoms with van der Waals surface area (Å²) in [7, 11) is 0. The van der Waals surface area contributed by atoms with Crippen LogP contribution in [0.25, 0.3) is 6.08 Å². The van der Waals surface area contributed by atoms with Crippen molar-refractivity contribution < 1.29 is 9.59 Å². The molecule has 0 fully saturated rings. The second kappa shape index (κ2) is 8.09. The van der Waals surface area contributed by atoms with Gasteiger partial charge in [0.15, 0.2) is 5.13 Å². The maximum absolute atomic E-state index is 11.7. The van der Waals surface area contributed by atoms with Crippen LogP contribution in [0.4, 0.5) is 5.13 Å². The first-order valence-electron chi connectivity index (χ1n) is 6.87. The summed E-state index contributed by atoms with van der Waals surface area (Å²) in [4.78, 5) is 28.4. The number of thiazole rings is 1. The fourth-order valence-electron chi connectivity index (χ4n) is 1.69. The van der Waals surface area contributed by atoms with E-state index in [1.54, 1.807) is 12.3 Å². The normalized spacial score (nSPS) is 10.6. The van der Waals surface area contributed by atoms with Gasteiger partial charge in [0.05, 0.1) is 0 Å². The molecule has 0 aliphatic carbocycles. The van der Waals surface area contributed by atoms with Crippen LogP contribution in [0, 0.1) is 6.92 Å². The number of benzene rings is 1. The lowest BCUT2D eigenvalue weighted by Gasteiger charge is -2.02. The molecule has 0 aliphatic rings. The van der Waals surface area contributed by atoms with E-state index in [1.165, 1.54) is 17.4 Å². The molecule has 1 aromatic carbocycles. The predicted octanol–water partition coefficient (Wildman–Crippen LogP) is 2.61. The molecule has 0 atom stereocenters. The van der Waals surface area contributed by atoms with Crippen molar-refractivity contribution in [2.75, 3.05) is 11.9 Å². The van der Waals surface area contributed by atoms with Gasteiger partial charge in [-0.1, -0.05) is 30.3 Å². The van der Waals surface area contributed by atoms with Gasteiger partial charge in [0, 0.05) is 30.1 Å². The van der Waals surface area contributed by atoms with Crippen molar-refractivity contribution >= 4 is 34.4 Å². The van der Waals surface area contributed by atoms with Crippen LogP contribution in [0.1, 0.15) is 16.9 Å². The Kier molecular flexibility index (Phi) is 5.85. The van der Waals surface area contributed by atoms with Gasteiger partial charge in [-0.15, -0.1) is 11.3 Å². The van der Waals surface area contributed by atoms with Gasteiger partial charge in [0.25, 0.3) is 0 Å². The third-order valence-electron chi connectivity index (χ3n) is 2.75. The number of nitrogens with zero attached hydrogens (tertiary/aromatic N) is 1. The Hall–Kier alpha value is -2.47. The number of hydrogen-bond acceptors (Lipinski definition) is 4. The van der Waals surface area contributed by atoms with Gasteiger partial charge >= 0.3 is 0 Å². The first-order chi connectivity index (χ1) is 10.6. The van der Waals surface area contributed by atoms with Crippen LogP contribution in [0.15, 0.2) is 42.6 Å². The van der Waals surface area contributed by atoms with Gasteiger partial charge < -0.3 is 10.6 Å². The Morgan fingerprint density at radius 3 is 2.73 bits per heavy atom. The monoisotopic (exact) mass is 315 g/mol. The molecule has 2 rings (SSSR count). The van der Waals surface area contributed by atoms with Crippen LogP contribution in [0.3, 0.4) is 0 Å². The molecule has 2 N–H and O–H groups in total. The van der Waals surface area contributed by atoms with Gasteiger partial charge in [-0.3, -0.25) is 9.59 Å². The minimum atomic E-state index is -0.221. The second-order valence-electron chi connectivity index (χ2n) is 4.61. The average Bonchev–Trinajstić information content (AvgIpc) is 2.91. The fourth-order valence-corrected chi connectivity index (χ4v) is 2.37. The number of hydrogen-bond donors (Lipinski definition) is 2. The van der Waals surface area contributed by atoms with Crippen LogP contribution in [-0.4, -0.2) is 23.3 Å². The van der Waals surface area contributed by atoms with E-state index in [9.17, 15) is 9.59 Å². The van der Waals surface area contributed by atoms with Crippen molar-refractivity contribution in [1.29, 1.82) is 0 Å². The zero-order valence-electron chi connectivity index (χ0n) is 12.2. The van der Waals surface area contributed by atoms with E-state index in [0.29, 0.717) is 5.13 Å². The molecule has 1 heterocycles. The molecule has 5 nitrogen and oxygen atoms in total. The molecule has 1 aromatic heterocycles. The van der Waals surface area contributed by atoms with Gasteiger partial charge in [-0.05, 0) is 18.6 Å². The zero-order valence-corrected chi connectivity index (χ0v) is 13.0. The molecule has 0 unspecified atom stereocenters. The summed E-state index contributed by atoms with van der Waals surface area (Å²) in [5.41, 5.74) is 0.953. The van der Waals surface area contributed by atoms with Crippen molar-refractivity contribution in [3.8, 4) is 0 Å². The average molecular weight is 315 g/mol. The van der Waals surface area contributed by atoms with Gasteiger partial charge in [0.2, 0.25) is 11.8 Å². The number of aryl methyl sites for hydroxylation is 1. The fraction of sp³-hybridized carbons (Fsp3) is 0.188. The molecule has 114 valence electrons. The Labute approximate surface area is 133 Å². The number of carbonyl (C=O) groups is 2. The second-order valence-corrected chi connectivity index (χ2v) is 5.84. The minimum absolute atomic E-state index is 0.165. The SMILES string of the molecule is Cc1cnc(NC(=O)CCNC(=O)C=Cc2ccccc2)s1. The van der Waals surface area contributed by atoms with Crippen LogP contribution in [-0.2, 0) is 9.59 Å². The summed E-state index contributed by atoms with van der Waals surface area (Å²) in [6.07, 6.45) is 5.10. The molecule has 0 radical (unpaired) electrons. The number of aromatic nitrogens is 1. The van der Waals surface area contributed by atoms with Crippen molar-refractivity contribution in [2.24, 2.45) is 0 Å². The molecule has 0 aliphatic heterocycles. The molecule has 2 amide bonds. The van der Waals surface area contributed by atoms with Crippen molar-refractivity contribution in [3.05, 3.63) is 53.0 Å². The first kappa shape index (κ1) is 15.9. The number of rotatable bonds is 6. The Morgan fingerprint density at radius 1 is 1.27 bits per heavy atom. The van der Waals surface area contributed by atoms with E-state index in [0.717, 1.165) is 10.4 Å². The largest absolute Gasteiger partial charge is 0.352 e. The van der Waals surface area contributed by atoms with Crippen molar-refractivity contribution in [2.45, 2.75) is 13.3 Å². The maximum Gasteiger partial charge on any atom is 0.244 e. The molecule has 0 bridgehead atoms. The van der Waals surface area contributed by atoms with Crippen LogP contribution >= 0.6 is 11.3 Å². The smallest absolute Gasteiger partial charge is 0.244 e. The van der Waals surface area contributed by atoms with E-state index in [2.05, 4.69) is 15.6 Å². The Morgan fingerprint density at radius 2 is 2.05 bits per heavy atom. The summed E-state index contributed by atoms with van der Waals surface area (Å²) in [5, 5.41) is 5.95. The quantitative estimate of drug-likeness (QED) is 0.805. The summed E-state index contributed by atoms with van der Waals surface area (Å²) < 4.78 is 0. The van der Waals surface area contributed by atoms with Gasteiger partial charge in [0.1, 0.15) is 0 Å². The number of amides is 2. The summed E-state index contributed by atoms with van der Waals surface area (Å²) in [6.45, 7) is 2.21. The van der Waals surface area contributed by atoms with E-state index >= 15 is 0 Å². The van der Waals surface area contributed by atoms with E-state index in [4.69, 9.17) is 0 Å². The number of nitrogens with one attached hydrogen (secondary N) is 2. The third-order valence-corrected chi connectivity index (χ3v) is 3.57.